The second-order valence-electron chi connectivity index (χ2n) is 5.20. The predicted molar refractivity (Wildman–Crippen MR) is 98.9 cm³/mol. The zero-order valence-corrected chi connectivity index (χ0v) is 14.8. The molecule has 0 saturated heterocycles. The molecule has 0 fully saturated rings. The predicted octanol–water partition coefficient (Wildman–Crippen LogP) is 4.67. The minimum absolute atomic E-state index is 0.470. The van der Waals surface area contributed by atoms with Gasteiger partial charge in [-0.2, -0.15) is 4.98 Å². The number of benzene rings is 2. The van der Waals surface area contributed by atoms with Crippen molar-refractivity contribution in [2.75, 3.05) is 18.5 Å². The second-order valence-corrected chi connectivity index (χ2v) is 5.64. The summed E-state index contributed by atoms with van der Waals surface area (Å²) >= 11 is 5.89. The van der Waals surface area contributed by atoms with Crippen LogP contribution in [0.4, 0.5) is 11.6 Å². The van der Waals surface area contributed by atoms with E-state index >= 15 is 0 Å². The number of hydrogen-bond acceptors (Lipinski definition) is 5. The first-order valence-electron chi connectivity index (χ1n) is 8.04. The van der Waals surface area contributed by atoms with E-state index in [4.69, 9.17) is 21.1 Å². The fraction of sp³-hybridized carbons (Fsp3) is 0.222. The third-order valence-electron chi connectivity index (χ3n) is 3.36. The van der Waals surface area contributed by atoms with E-state index < -0.39 is 0 Å². The van der Waals surface area contributed by atoms with Gasteiger partial charge in [-0.1, -0.05) is 11.6 Å². The van der Waals surface area contributed by atoms with E-state index in [0.29, 0.717) is 30.0 Å². The van der Waals surface area contributed by atoms with Crippen LogP contribution in [-0.2, 0) is 0 Å². The lowest BCUT2D eigenvalue weighted by Gasteiger charge is -2.09. The van der Waals surface area contributed by atoms with Crippen LogP contribution < -0.4 is 14.8 Å². The molecule has 0 atom stereocenters. The highest BCUT2D eigenvalue weighted by Crippen LogP contribution is 2.29. The number of nitrogens with one attached hydrogen (secondary N) is 2. The molecule has 25 heavy (non-hydrogen) atoms. The maximum Gasteiger partial charge on any atom is 0.246 e. The van der Waals surface area contributed by atoms with Crippen LogP contribution in [0, 0.1) is 0 Å². The summed E-state index contributed by atoms with van der Waals surface area (Å²) in [6.07, 6.45) is 0. The van der Waals surface area contributed by atoms with Gasteiger partial charge >= 0.3 is 0 Å². The Balaban J connectivity index is 1.84. The Hall–Kier alpha value is -2.73. The van der Waals surface area contributed by atoms with Crippen LogP contribution >= 0.6 is 11.6 Å². The quantitative estimate of drug-likeness (QED) is 0.642. The molecule has 0 bridgehead atoms. The maximum absolute atomic E-state index is 5.89. The molecule has 0 saturated carbocycles. The Morgan fingerprint density at radius 1 is 1.00 bits per heavy atom. The summed E-state index contributed by atoms with van der Waals surface area (Å²) < 4.78 is 11.2. The summed E-state index contributed by atoms with van der Waals surface area (Å²) in [4.78, 5) is 4.48. The lowest BCUT2D eigenvalue weighted by molar-refractivity contribution is 0.323. The Kier molecular flexibility index (Phi) is 5.40. The lowest BCUT2D eigenvalue weighted by Crippen LogP contribution is -1.96. The van der Waals surface area contributed by atoms with Crippen molar-refractivity contribution in [2.24, 2.45) is 0 Å². The van der Waals surface area contributed by atoms with Crippen molar-refractivity contribution >= 4 is 23.2 Å². The normalized spacial score (nSPS) is 10.5. The Morgan fingerprint density at radius 3 is 2.24 bits per heavy atom. The van der Waals surface area contributed by atoms with Crippen LogP contribution in [0.25, 0.3) is 11.4 Å². The molecule has 0 amide bonds. The molecule has 1 heterocycles. The molecule has 6 nitrogen and oxygen atoms in total. The average molecular weight is 359 g/mol. The molecule has 0 aliphatic heterocycles. The largest absolute Gasteiger partial charge is 0.494 e. The molecule has 0 spiro atoms. The van der Waals surface area contributed by atoms with Crippen molar-refractivity contribution in [3.8, 4) is 22.9 Å². The summed E-state index contributed by atoms with van der Waals surface area (Å²) in [6.45, 7) is 5.04. The van der Waals surface area contributed by atoms with Gasteiger partial charge in [-0.15, -0.1) is 5.10 Å². The van der Waals surface area contributed by atoms with E-state index in [1.165, 1.54) is 0 Å². The molecule has 7 heteroatoms. The van der Waals surface area contributed by atoms with Gasteiger partial charge in [-0.05, 0) is 50.2 Å². The van der Waals surface area contributed by atoms with Gasteiger partial charge in [0, 0.05) is 22.3 Å². The highest BCUT2D eigenvalue weighted by atomic mass is 35.5. The van der Waals surface area contributed by atoms with Gasteiger partial charge in [0.2, 0.25) is 5.95 Å². The maximum atomic E-state index is 5.89. The van der Waals surface area contributed by atoms with E-state index in [0.717, 1.165) is 22.7 Å². The van der Waals surface area contributed by atoms with E-state index in [2.05, 4.69) is 20.5 Å². The minimum atomic E-state index is 0.470. The molecule has 2 aromatic carbocycles. The van der Waals surface area contributed by atoms with Gasteiger partial charge in [-0.25, -0.2) is 0 Å². The average Bonchev–Trinajstić information content (AvgIpc) is 3.06. The van der Waals surface area contributed by atoms with Crippen LogP contribution in [-0.4, -0.2) is 28.4 Å². The molecular formula is C18H19ClN4O2. The number of anilines is 2. The number of hydrogen-bond donors (Lipinski definition) is 2. The molecular weight excluding hydrogens is 340 g/mol. The molecule has 0 aliphatic carbocycles. The first kappa shape index (κ1) is 17.1. The summed E-state index contributed by atoms with van der Waals surface area (Å²) in [5.74, 6) is 2.55. The highest BCUT2D eigenvalue weighted by Gasteiger charge is 2.10. The standard InChI is InChI=1S/C18H19ClN4O2/c1-3-24-15-9-12(10-16(11-15)25-4-2)17-21-18(23-22-17)20-14-7-5-13(19)6-8-14/h5-11H,3-4H2,1-2H3,(H2,20,21,22,23). The number of nitrogens with zero attached hydrogens (tertiary/aromatic N) is 2. The molecule has 0 aliphatic rings. The number of halogens is 1. The zero-order chi connectivity index (χ0) is 17.6. The summed E-state index contributed by atoms with van der Waals surface area (Å²) in [5, 5.41) is 10.9. The van der Waals surface area contributed by atoms with E-state index in [1.54, 1.807) is 12.1 Å². The molecule has 0 radical (unpaired) electrons. The summed E-state index contributed by atoms with van der Waals surface area (Å²) in [6, 6.07) is 13.0. The van der Waals surface area contributed by atoms with Gasteiger partial charge in [0.05, 0.1) is 13.2 Å². The number of H-pyrrole nitrogens is 1. The van der Waals surface area contributed by atoms with Crippen LogP contribution in [0.2, 0.25) is 5.02 Å². The van der Waals surface area contributed by atoms with E-state index in [-0.39, 0.29) is 0 Å². The Labute approximate surface area is 151 Å². The van der Waals surface area contributed by atoms with Gasteiger partial charge in [0.15, 0.2) is 5.82 Å². The van der Waals surface area contributed by atoms with Crippen molar-refractivity contribution in [2.45, 2.75) is 13.8 Å². The summed E-state index contributed by atoms with van der Waals surface area (Å²) in [7, 11) is 0. The van der Waals surface area contributed by atoms with Crippen LogP contribution in [0.3, 0.4) is 0 Å². The van der Waals surface area contributed by atoms with Gasteiger partial charge < -0.3 is 14.8 Å². The Morgan fingerprint density at radius 2 is 1.64 bits per heavy atom. The third kappa shape index (κ3) is 4.42. The number of aromatic amines is 1. The van der Waals surface area contributed by atoms with Crippen molar-refractivity contribution in [3.05, 3.63) is 47.5 Å². The van der Waals surface area contributed by atoms with Gasteiger partial charge in [0.25, 0.3) is 0 Å². The highest BCUT2D eigenvalue weighted by molar-refractivity contribution is 6.30. The third-order valence-corrected chi connectivity index (χ3v) is 3.61. The molecule has 1 aromatic heterocycles. The molecule has 0 unspecified atom stereocenters. The number of rotatable bonds is 7. The van der Waals surface area contributed by atoms with Gasteiger partial charge in [0.1, 0.15) is 11.5 Å². The monoisotopic (exact) mass is 358 g/mol. The first-order valence-corrected chi connectivity index (χ1v) is 8.41. The Bertz CT molecular complexity index is 809. The SMILES string of the molecule is CCOc1cc(OCC)cc(-c2nc(Nc3ccc(Cl)cc3)n[nH]2)c1. The molecule has 130 valence electrons. The van der Waals surface area contributed by atoms with E-state index in [1.807, 2.05) is 44.2 Å². The molecule has 2 N–H and O–H groups in total. The second kappa shape index (κ2) is 7.90. The molecule has 3 aromatic rings. The van der Waals surface area contributed by atoms with Gasteiger partial charge in [-0.3, -0.25) is 5.10 Å². The van der Waals surface area contributed by atoms with Crippen molar-refractivity contribution in [3.63, 3.8) is 0 Å². The number of ether oxygens (including phenoxy) is 2. The van der Waals surface area contributed by atoms with Crippen molar-refractivity contribution in [1.82, 2.24) is 15.2 Å². The summed E-state index contributed by atoms with van der Waals surface area (Å²) in [5.41, 5.74) is 1.69. The fourth-order valence-electron chi connectivity index (χ4n) is 2.32. The first-order chi connectivity index (χ1) is 12.2. The van der Waals surface area contributed by atoms with Crippen molar-refractivity contribution in [1.29, 1.82) is 0 Å². The fourth-order valence-corrected chi connectivity index (χ4v) is 2.44. The topological polar surface area (TPSA) is 72.1 Å². The lowest BCUT2D eigenvalue weighted by atomic mass is 10.2. The van der Waals surface area contributed by atoms with Crippen LogP contribution in [0.15, 0.2) is 42.5 Å². The van der Waals surface area contributed by atoms with Crippen LogP contribution in [0.5, 0.6) is 11.5 Å². The molecule has 3 rings (SSSR count). The van der Waals surface area contributed by atoms with Crippen molar-refractivity contribution < 1.29 is 9.47 Å². The van der Waals surface area contributed by atoms with E-state index in [9.17, 15) is 0 Å². The number of aromatic nitrogens is 3. The zero-order valence-electron chi connectivity index (χ0n) is 14.0. The van der Waals surface area contributed by atoms with Crippen LogP contribution in [0.1, 0.15) is 13.8 Å². The smallest absolute Gasteiger partial charge is 0.246 e. The minimum Gasteiger partial charge on any atom is -0.494 e.